The number of pyridine rings is 2. The third-order valence-corrected chi connectivity index (χ3v) is 9.46. The van der Waals surface area contributed by atoms with Crippen molar-refractivity contribution in [3.8, 4) is 17.3 Å². The minimum absolute atomic E-state index is 0.224. The summed E-state index contributed by atoms with van der Waals surface area (Å²) in [6.07, 6.45) is 6.05. The number of aryl methyl sites for hydroxylation is 4. The smallest absolute Gasteiger partial charge is 0.276 e. The lowest BCUT2D eigenvalue weighted by Crippen LogP contribution is -2.20. The van der Waals surface area contributed by atoms with E-state index in [9.17, 15) is 14.4 Å². The van der Waals surface area contributed by atoms with Gasteiger partial charge in [-0.25, -0.2) is 24.6 Å². The molecule has 0 radical (unpaired) electrons. The molecule has 18 nitrogen and oxygen atoms in total. The fraction of sp³-hybridized carbons (Fsp3) is 0.308. The number of ether oxygens (including phenoxy) is 1. The zero-order valence-corrected chi connectivity index (χ0v) is 32.4. The number of aromatic nitrogens is 10. The van der Waals surface area contributed by atoms with Crippen molar-refractivity contribution in [1.29, 1.82) is 0 Å². The Hall–Kier alpha value is -6.95. The Morgan fingerprint density at radius 2 is 1.60 bits per heavy atom. The quantitative estimate of drug-likeness (QED) is 0.0816. The molecule has 6 heterocycles. The lowest BCUT2D eigenvalue weighted by atomic mass is 10.1. The van der Waals surface area contributed by atoms with Crippen LogP contribution in [0.5, 0.6) is 5.75 Å². The Morgan fingerprint density at radius 3 is 2.32 bits per heavy atom. The number of anilines is 1. The monoisotopic (exact) mass is 772 g/mol. The first kappa shape index (κ1) is 38.3. The van der Waals surface area contributed by atoms with Crippen molar-refractivity contribution in [3.63, 3.8) is 0 Å². The molecule has 0 atom stereocenters. The minimum atomic E-state index is -0.635. The molecule has 0 unspecified atom stereocenters. The molecule has 7 rings (SSSR count). The van der Waals surface area contributed by atoms with Crippen LogP contribution in [0, 0.1) is 13.8 Å². The summed E-state index contributed by atoms with van der Waals surface area (Å²) in [4.78, 5) is 57.3. The molecule has 57 heavy (non-hydrogen) atoms. The third-order valence-electron chi connectivity index (χ3n) is 9.46. The van der Waals surface area contributed by atoms with Crippen molar-refractivity contribution in [2.45, 2.75) is 60.3 Å². The molecule has 0 spiro atoms. The first-order valence-electron chi connectivity index (χ1n) is 18.6. The lowest BCUT2D eigenvalue weighted by Gasteiger charge is -2.13. The maximum Gasteiger partial charge on any atom is 0.276 e. The number of nitrogens with zero attached hydrogens (tertiary/aromatic N) is 10. The van der Waals surface area contributed by atoms with Gasteiger partial charge in [-0.3, -0.25) is 24.4 Å². The van der Waals surface area contributed by atoms with Gasteiger partial charge in [-0.05, 0) is 84.1 Å². The summed E-state index contributed by atoms with van der Waals surface area (Å²) < 4.78 is 13.4. The Bertz CT molecular complexity index is 2700. The predicted molar refractivity (Wildman–Crippen MR) is 215 cm³/mol. The van der Waals surface area contributed by atoms with Crippen molar-refractivity contribution in [2.24, 2.45) is 11.5 Å². The minimum Gasteiger partial charge on any atom is -0.491 e. The normalized spacial score (nSPS) is 11.7. The van der Waals surface area contributed by atoms with Crippen LogP contribution in [0.4, 0.5) is 5.95 Å². The summed E-state index contributed by atoms with van der Waals surface area (Å²) in [6, 6.07) is 10.4. The Balaban J connectivity index is 1.30. The highest BCUT2D eigenvalue weighted by molar-refractivity contribution is 6.08. The number of rotatable bonds is 16. The van der Waals surface area contributed by atoms with E-state index in [-0.39, 0.29) is 23.6 Å². The van der Waals surface area contributed by atoms with Crippen molar-refractivity contribution in [1.82, 2.24) is 53.9 Å². The van der Waals surface area contributed by atoms with E-state index in [4.69, 9.17) is 26.2 Å². The second-order valence-corrected chi connectivity index (χ2v) is 13.4. The van der Waals surface area contributed by atoms with Gasteiger partial charge in [-0.1, -0.05) is 12.2 Å². The first-order valence-corrected chi connectivity index (χ1v) is 18.6. The van der Waals surface area contributed by atoms with Gasteiger partial charge in [-0.15, -0.1) is 0 Å². The lowest BCUT2D eigenvalue weighted by molar-refractivity contribution is 0.0991. The largest absolute Gasteiger partial charge is 0.491 e. The van der Waals surface area contributed by atoms with Crippen LogP contribution in [0.1, 0.15) is 63.0 Å². The highest BCUT2D eigenvalue weighted by Gasteiger charge is 2.22. The molecule has 6 aromatic heterocycles. The highest BCUT2D eigenvalue weighted by Crippen LogP contribution is 2.33. The zero-order chi connectivity index (χ0) is 40.4. The molecular formula is C39H44N14O4. The fourth-order valence-corrected chi connectivity index (χ4v) is 6.81. The van der Waals surface area contributed by atoms with Gasteiger partial charge in [0.15, 0.2) is 5.82 Å². The van der Waals surface area contributed by atoms with Crippen LogP contribution in [-0.4, -0.2) is 86.6 Å². The van der Waals surface area contributed by atoms with Gasteiger partial charge in [-0.2, -0.15) is 10.2 Å². The number of hydrogen-bond acceptors (Lipinski definition) is 11. The van der Waals surface area contributed by atoms with Crippen molar-refractivity contribution in [2.75, 3.05) is 25.5 Å². The second-order valence-electron chi connectivity index (χ2n) is 13.4. The summed E-state index contributed by atoms with van der Waals surface area (Å²) in [7, 11) is 1.86. The molecule has 18 heteroatoms. The number of amides is 3. The van der Waals surface area contributed by atoms with Crippen LogP contribution in [-0.2, 0) is 26.2 Å². The molecular weight excluding hydrogens is 729 g/mol. The van der Waals surface area contributed by atoms with E-state index in [2.05, 4.69) is 30.8 Å². The van der Waals surface area contributed by atoms with E-state index in [0.29, 0.717) is 89.5 Å². The molecule has 0 saturated carbocycles. The number of carbonyl (C=O) groups excluding carboxylic acids is 3. The van der Waals surface area contributed by atoms with Crippen LogP contribution in [0.3, 0.4) is 0 Å². The van der Waals surface area contributed by atoms with Crippen LogP contribution < -0.4 is 26.8 Å². The average Bonchev–Trinajstić information content (AvgIpc) is 3.95. The summed E-state index contributed by atoms with van der Waals surface area (Å²) >= 11 is 0. The molecule has 0 aliphatic rings. The van der Waals surface area contributed by atoms with Gasteiger partial charge in [0.2, 0.25) is 17.8 Å². The van der Waals surface area contributed by atoms with Crippen molar-refractivity contribution in [3.05, 3.63) is 83.1 Å². The first-order chi connectivity index (χ1) is 27.5. The molecule has 6 N–H and O–H groups in total. The standard InChI is InChI=1S/C39H44N14O4/c1-6-52-30(17-22(3)48-52)38(56)47-39-46-29-19-24(33(40)54)20-31(57-16-10-13-42-5)32(29)50(39)14-8-9-15-51-35-27(18-25(21-43-35)34(41)55)26-11-12-28(45-36(26)51)37-44-23(4)49-53(37)7-2/h8-9,11-12,17-21,42H,6-7,10,13-16H2,1-5H3,(H2,40,54)(H2,41,55)(H,46,47,56)/b9-8+. The number of nitrogens with two attached hydrogens (primary N) is 2. The van der Waals surface area contributed by atoms with Crippen molar-refractivity contribution >= 4 is 56.8 Å². The Labute approximate surface area is 326 Å². The number of hydrogen-bond donors (Lipinski definition) is 4. The third kappa shape index (κ3) is 7.53. The van der Waals surface area contributed by atoms with Crippen molar-refractivity contribution < 1.29 is 19.1 Å². The molecule has 294 valence electrons. The van der Waals surface area contributed by atoms with Crippen LogP contribution >= 0.6 is 0 Å². The summed E-state index contributed by atoms with van der Waals surface area (Å²) in [5.41, 5.74) is 15.8. The van der Waals surface area contributed by atoms with Gasteiger partial charge in [0, 0.05) is 48.7 Å². The number of primary amides is 2. The Kier molecular flexibility index (Phi) is 10.8. The predicted octanol–water partition coefficient (Wildman–Crippen LogP) is 3.74. The maximum absolute atomic E-state index is 13.7. The number of allylic oxidation sites excluding steroid dienone is 2. The van der Waals surface area contributed by atoms with Gasteiger partial charge in [0.25, 0.3) is 5.91 Å². The topological polar surface area (TPSA) is 234 Å². The van der Waals surface area contributed by atoms with E-state index in [1.807, 2.05) is 68.2 Å². The second kappa shape index (κ2) is 16.0. The van der Waals surface area contributed by atoms with E-state index in [1.54, 1.807) is 33.6 Å². The van der Waals surface area contributed by atoms with Crippen LogP contribution in [0.2, 0.25) is 0 Å². The molecule has 0 bridgehead atoms. The summed E-state index contributed by atoms with van der Waals surface area (Å²) in [6.45, 7) is 10.3. The van der Waals surface area contributed by atoms with E-state index >= 15 is 0 Å². The molecule has 0 aliphatic heterocycles. The summed E-state index contributed by atoms with van der Waals surface area (Å²) in [5, 5.41) is 16.5. The number of imidazole rings is 1. The fourth-order valence-electron chi connectivity index (χ4n) is 6.81. The van der Waals surface area contributed by atoms with Crippen LogP contribution in [0.25, 0.3) is 44.6 Å². The molecule has 1 aromatic carbocycles. The molecule has 0 aliphatic carbocycles. The van der Waals surface area contributed by atoms with Crippen LogP contribution in [0.15, 0.2) is 54.7 Å². The average molecular weight is 773 g/mol. The zero-order valence-electron chi connectivity index (χ0n) is 32.4. The number of benzene rings is 1. The highest BCUT2D eigenvalue weighted by atomic mass is 16.5. The Morgan fingerprint density at radius 1 is 0.842 bits per heavy atom. The number of nitrogens with one attached hydrogen (secondary N) is 2. The number of fused-ring (bicyclic) bond motifs is 4. The van der Waals surface area contributed by atoms with E-state index < -0.39 is 17.7 Å². The van der Waals surface area contributed by atoms with Gasteiger partial charge in [0.05, 0.1) is 23.4 Å². The number of carbonyl (C=O) groups is 3. The molecule has 0 saturated heterocycles. The molecule has 7 aromatic rings. The summed E-state index contributed by atoms with van der Waals surface area (Å²) in [5.74, 6) is 0.294. The SMILES string of the molecule is CCn1nc(C)cc1C(=O)Nc1nc2cc(C(N)=O)cc(OCCCNC)c2n1C/C=C/Cn1c2ncc(C(N)=O)cc2c2ccc(-c3nc(C)nn3CC)nc21. The molecule has 3 amide bonds. The maximum atomic E-state index is 13.7. The molecule has 0 fully saturated rings. The van der Waals surface area contributed by atoms with E-state index in [0.717, 1.165) is 17.3 Å². The van der Waals surface area contributed by atoms with E-state index in [1.165, 1.54) is 6.20 Å². The van der Waals surface area contributed by atoms with Gasteiger partial charge < -0.3 is 30.7 Å². The van der Waals surface area contributed by atoms with Gasteiger partial charge in [0.1, 0.15) is 39.8 Å². The van der Waals surface area contributed by atoms with Gasteiger partial charge >= 0.3 is 0 Å².